The van der Waals surface area contributed by atoms with Crippen molar-refractivity contribution in [3.63, 3.8) is 0 Å². The molecule has 0 fully saturated rings. The summed E-state index contributed by atoms with van der Waals surface area (Å²) in [5, 5.41) is 0. The molecule has 1 nitrogen and oxygen atoms in total. The van der Waals surface area contributed by atoms with Crippen LogP contribution >= 0.6 is 0 Å². The van der Waals surface area contributed by atoms with Crippen molar-refractivity contribution >= 4 is 35.8 Å². The van der Waals surface area contributed by atoms with Gasteiger partial charge in [0, 0.05) is 5.92 Å². The summed E-state index contributed by atoms with van der Waals surface area (Å²) in [5.41, 5.74) is 0. The Morgan fingerprint density at radius 2 is 1.67 bits per heavy atom. The maximum atomic E-state index is 9.50. The fourth-order valence-corrected chi connectivity index (χ4v) is 0. The van der Waals surface area contributed by atoms with Gasteiger partial charge in [0.15, 0.2) is 0 Å². The van der Waals surface area contributed by atoms with Crippen molar-refractivity contribution in [3.8, 4) is 0 Å². The van der Waals surface area contributed by atoms with Gasteiger partial charge in [0.1, 0.15) is 6.29 Å². The number of carbonyl (C=O) groups excluding carboxylic acids is 1. The zero-order valence-corrected chi connectivity index (χ0v) is 3.56. The molecule has 0 aliphatic carbocycles. The second-order valence-electron chi connectivity index (χ2n) is 1.38. The summed E-state index contributed by atoms with van der Waals surface area (Å²) in [6.45, 7) is 3.71. The minimum atomic E-state index is 0. The Labute approximate surface area is 60.4 Å². The van der Waals surface area contributed by atoms with Crippen molar-refractivity contribution in [2.75, 3.05) is 0 Å². The van der Waals surface area contributed by atoms with Crippen molar-refractivity contribution in [1.29, 1.82) is 0 Å². The third-order valence-electron chi connectivity index (χ3n) is 0.272. The Hall–Kier alpha value is 0.670. The van der Waals surface area contributed by atoms with E-state index in [9.17, 15) is 4.79 Å². The molecule has 0 N–H and O–H groups in total. The molecule has 0 aromatic rings. The van der Waals surface area contributed by atoms with Gasteiger partial charge in [0.25, 0.3) is 0 Å². The van der Waals surface area contributed by atoms with Gasteiger partial charge >= 0.3 is 29.6 Å². The SMILES string of the molecule is CC(C)C=O.[NaH]. The van der Waals surface area contributed by atoms with Crippen LogP contribution in [0, 0.1) is 5.92 Å². The van der Waals surface area contributed by atoms with Gasteiger partial charge in [-0.2, -0.15) is 0 Å². The topological polar surface area (TPSA) is 17.1 Å². The zero-order valence-electron chi connectivity index (χ0n) is 3.56. The fourth-order valence-electron chi connectivity index (χ4n) is 0. The Bertz CT molecular complexity index is 34.5. The standard InChI is InChI=1S/C4H8O.Na.H/c1-4(2)3-5;;/h3-4H,1-2H3;;. The van der Waals surface area contributed by atoms with E-state index < -0.39 is 0 Å². The molecule has 0 saturated heterocycles. The van der Waals surface area contributed by atoms with Gasteiger partial charge in [-0.05, 0) is 0 Å². The Balaban J connectivity index is 0. The fraction of sp³-hybridized carbons (Fsp3) is 0.750. The molecule has 0 spiro atoms. The number of hydrogen-bond acceptors (Lipinski definition) is 1. The molecule has 0 unspecified atom stereocenters. The first kappa shape index (κ1) is 9.83. The molecule has 0 heterocycles. The Kier molecular flexibility index (Phi) is 9.29. The molecule has 0 aliphatic heterocycles. The molecule has 32 valence electrons. The number of rotatable bonds is 1. The molecule has 0 rings (SSSR count). The average Bonchev–Trinajstić information content (AvgIpc) is 1.38. The van der Waals surface area contributed by atoms with E-state index in [0.29, 0.717) is 0 Å². The van der Waals surface area contributed by atoms with Crippen molar-refractivity contribution in [2.45, 2.75) is 13.8 Å². The van der Waals surface area contributed by atoms with Crippen LogP contribution in [0.2, 0.25) is 0 Å². The summed E-state index contributed by atoms with van der Waals surface area (Å²) in [4.78, 5) is 9.50. The van der Waals surface area contributed by atoms with Crippen LogP contribution in [-0.2, 0) is 4.79 Å². The molecule has 0 aromatic carbocycles. The second-order valence-corrected chi connectivity index (χ2v) is 1.38. The van der Waals surface area contributed by atoms with Crippen LogP contribution in [0.4, 0.5) is 0 Å². The van der Waals surface area contributed by atoms with Crippen LogP contribution in [0.1, 0.15) is 13.8 Å². The summed E-state index contributed by atoms with van der Waals surface area (Å²) in [7, 11) is 0. The van der Waals surface area contributed by atoms with E-state index in [1.807, 2.05) is 13.8 Å². The van der Waals surface area contributed by atoms with Gasteiger partial charge in [-0.1, -0.05) is 13.8 Å². The number of carbonyl (C=O) groups is 1. The van der Waals surface area contributed by atoms with Crippen molar-refractivity contribution < 1.29 is 4.79 Å². The van der Waals surface area contributed by atoms with Gasteiger partial charge in [-0.15, -0.1) is 0 Å². The van der Waals surface area contributed by atoms with E-state index in [1.54, 1.807) is 0 Å². The molecule has 0 atom stereocenters. The molecule has 2 heteroatoms. The van der Waals surface area contributed by atoms with Gasteiger partial charge in [-0.25, -0.2) is 0 Å². The monoisotopic (exact) mass is 96.1 g/mol. The van der Waals surface area contributed by atoms with Crippen molar-refractivity contribution in [2.24, 2.45) is 5.92 Å². The molecular weight excluding hydrogens is 87.0 g/mol. The van der Waals surface area contributed by atoms with E-state index in [4.69, 9.17) is 0 Å². The van der Waals surface area contributed by atoms with Crippen molar-refractivity contribution in [3.05, 3.63) is 0 Å². The molecule has 0 radical (unpaired) electrons. The predicted octanol–water partition coefficient (Wildman–Crippen LogP) is 0.193. The molecular formula is C4H9NaO. The summed E-state index contributed by atoms with van der Waals surface area (Å²) >= 11 is 0. The normalized spacial score (nSPS) is 7.17. The molecule has 0 aliphatic rings. The van der Waals surface area contributed by atoms with E-state index in [-0.39, 0.29) is 35.5 Å². The predicted molar refractivity (Wildman–Crippen MR) is 28.1 cm³/mol. The zero-order chi connectivity index (χ0) is 4.28. The summed E-state index contributed by atoms with van der Waals surface area (Å²) in [6.07, 6.45) is 0.917. The van der Waals surface area contributed by atoms with Crippen LogP contribution in [0.5, 0.6) is 0 Å². The molecule has 0 aromatic heterocycles. The van der Waals surface area contributed by atoms with Gasteiger partial charge in [-0.3, -0.25) is 0 Å². The third kappa shape index (κ3) is 8.82. The Morgan fingerprint density at radius 3 is 1.67 bits per heavy atom. The first-order valence-corrected chi connectivity index (χ1v) is 1.72. The van der Waals surface area contributed by atoms with Crippen molar-refractivity contribution in [1.82, 2.24) is 0 Å². The van der Waals surface area contributed by atoms with Gasteiger partial charge in [0.05, 0.1) is 0 Å². The summed E-state index contributed by atoms with van der Waals surface area (Å²) in [6, 6.07) is 0. The molecule has 0 saturated carbocycles. The first-order valence-electron chi connectivity index (χ1n) is 1.72. The van der Waals surface area contributed by atoms with Crippen LogP contribution in [0.3, 0.4) is 0 Å². The molecule has 0 bridgehead atoms. The maximum absolute atomic E-state index is 9.50. The van der Waals surface area contributed by atoms with Crippen LogP contribution < -0.4 is 0 Å². The van der Waals surface area contributed by atoms with Crippen LogP contribution in [-0.4, -0.2) is 35.8 Å². The van der Waals surface area contributed by atoms with Crippen LogP contribution in [0.15, 0.2) is 0 Å². The molecule has 6 heavy (non-hydrogen) atoms. The number of aldehydes is 1. The summed E-state index contributed by atoms with van der Waals surface area (Å²) in [5.74, 6) is 0.204. The number of hydrogen-bond donors (Lipinski definition) is 0. The quantitative estimate of drug-likeness (QED) is 0.336. The third-order valence-corrected chi connectivity index (χ3v) is 0.272. The van der Waals surface area contributed by atoms with Gasteiger partial charge in [0.2, 0.25) is 0 Å². The summed E-state index contributed by atoms with van der Waals surface area (Å²) < 4.78 is 0. The minimum absolute atomic E-state index is 0. The Morgan fingerprint density at radius 1 is 1.50 bits per heavy atom. The van der Waals surface area contributed by atoms with E-state index in [2.05, 4.69) is 0 Å². The van der Waals surface area contributed by atoms with E-state index in [1.165, 1.54) is 0 Å². The van der Waals surface area contributed by atoms with Crippen LogP contribution in [0.25, 0.3) is 0 Å². The first-order chi connectivity index (χ1) is 2.27. The van der Waals surface area contributed by atoms with E-state index >= 15 is 0 Å². The van der Waals surface area contributed by atoms with E-state index in [0.717, 1.165) is 6.29 Å². The second kappa shape index (κ2) is 5.67. The average molecular weight is 96.1 g/mol. The molecule has 0 amide bonds. The van der Waals surface area contributed by atoms with Gasteiger partial charge < -0.3 is 4.79 Å².